The van der Waals surface area contributed by atoms with E-state index in [0.717, 1.165) is 11.3 Å². The highest BCUT2D eigenvalue weighted by molar-refractivity contribution is 5.98. The van der Waals surface area contributed by atoms with E-state index in [-0.39, 0.29) is 11.8 Å². The Kier molecular flexibility index (Phi) is 6.78. The van der Waals surface area contributed by atoms with Crippen molar-refractivity contribution in [1.29, 1.82) is 5.26 Å². The Morgan fingerprint density at radius 3 is 2.37 bits per heavy atom. The van der Waals surface area contributed by atoms with Crippen LogP contribution in [0.4, 0.5) is 17.1 Å². The Morgan fingerprint density at radius 1 is 1.11 bits per heavy atom. The van der Waals surface area contributed by atoms with Crippen LogP contribution in [-0.4, -0.2) is 25.0 Å². The fourth-order valence-corrected chi connectivity index (χ4v) is 2.45. The molecule has 2 rings (SSSR count). The second-order valence-electron chi connectivity index (χ2n) is 5.98. The van der Waals surface area contributed by atoms with Crippen LogP contribution in [0, 0.1) is 11.3 Å². The zero-order chi connectivity index (χ0) is 19.8. The Hall–Kier alpha value is -3.53. The molecule has 1 atom stereocenters. The molecule has 0 heterocycles. The van der Waals surface area contributed by atoms with E-state index in [1.54, 1.807) is 25.1 Å². The number of nitrogens with zero attached hydrogens (tertiary/aromatic N) is 1. The molecule has 7 heteroatoms. The molecule has 0 aliphatic rings. The van der Waals surface area contributed by atoms with Crippen molar-refractivity contribution >= 4 is 28.9 Å². The van der Waals surface area contributed by atoms with Crippen LogP contribution in [0.25, 0.3) is 0 Å². The zero-order valence-corrected chi connectivity index (χ0v) is 15.5. The predicted molar refractivity (Wildman–Crippen MR) is 105 cm³/mol. The number of rotatable bonds is 7. The van der Waals surface area contributed by atoms with E-state index in [9.17, 15) is 9.59 Å². The maximum atomic E-state index is 12.5. The second kappa shape index (κ2) is 9.25. The van der Waals surface area contributed by atoms with Crippen molar-refractivity contribution in [1.82, 2.24) is 0 Å². The number of benzene rings is 2. The van der Waals surface area contributed by atoms with Gasteiger partial charge in [0.2, 0.25) is 11.8 Å². The molecular weight excluding hydrogens is 344 g/mol. The Morgan fingerprint density at radius 2 is 1.78 bits per heavy atom. The number of carbonyl (C=O) groups is 2. The molecule has 2 aromatic carbocycles. The third kappa shape index (κ3) is 5.75. The number of nitriles is 1. The van der Waals surface area contributed by atoms with Crippen LogP contribution >= 0.6 is 0 Å². The minimum Gasteiger partial charge on any atom is -0.495 e. The maximum absolute atomic E-state index is 12.5. The average Bonchev–Trinajstić information content (AvgIpc) is 2.63. The van der Waals surface area contributed by atoms with E-state index < -0.39 is 6.04 Å². The normalized spacial score (nSPS) is 11.0. The highest BCUT2D eigenvalue weighted by Crippen LogP contribution is 2.28. The van der Waals surface area contributed by atoms with Crippen LogP contribution in [-0.2, 0) is 16.0 Å². The minimum absolute atomic E-state index is 0.202. The van der Waals surface area contributed by atoms with Crippen molar-refractivity contribution in [3.63, 3.8) is 0 Å². The van der Waals surface area contributed by atoms with Gasteiger partial charge in [0.15, 0.2) is 0 Å². The Balaban J connectivity index is 2.06. The molecule has 1 unspecified atom stereocenters. The van der Waals surface area contributed by atoms with Crippen molar-refractivity contribution in [2.24, 2.45) is 0 Å². The first-order chi connectivity index (χ1) is 12.9. The summed E-state index contributed by atoms with van der Waals surface area (Å²) in [6.45, 7) is 3.15. The summed E-state index contributed by atoms with van der Waals surface area (Å²) in [4.78, 5) is 23.7. The van der Waals surface area contributed by atoms with E-state index in [2.05, 4.69) is 22.0 Å². The third-order valence-electron chi connectivity index (χ3n) is 3.79. The predicted octanol–water partition coefficient (Wildman–Crippen LogP) is 3.16. The first-order valence-corrected chi connectivity index (χ1v) is 8.42. The topological polar surface area (TPSA) is 103 Å². The van der Waals surface area contributed by atoms with Crippen molar-refractivity contribution in [3.05, 3.63) is 48.0 Å². The summed E-state index contributed by atoms with van der Waals surface area (Å²) in [5.74, 6) is 0.0345. The standard InChI is InChI=1S/C20H22N4O3/c1-13(22-16-6-4-15(5-7-16)10-11-21)20(26)24-18-12-17(23-14(2)25)8-9-19(18)27-3/h4-9,12-13,22H,10H2,1-3H3,(H,23,25)(H,24,26). The highest BCUT2D eigenvalue weighted by Gasteiger charge is 2.15. The fraction of sp³-hybridized carbons (Fsp3) is 0.250. The number of hydrogen-bond acceptors (Lipinski definition) is 5. The number of methoxy groups -OCH3 is 1. The molecule has 0 saturated heterocycles. The summed E-state index contributed by atoms with van der Waals surface area (Å²) in [5, 5.41) is 17.3. The zero-order valence-electron chi connectivity index (χ0n) is 15.5. The van der Waals surface area contributed by atoms with Gasteiger partial charge in [0.1, 0.15) is 11.8 Å². The summed E-state index contributed by atoms with van der Waals surface area (Å²) in [6.07, 6.45) is 0.348. The van der Waals surface area contributed by atoms with Gasteiger partial charge in [-0.2, -0.15) is 5.26 Å². The number of anilines is 3. The molecule has 0 saturated carbocycles. The molecule has 7 nitrogen and oxygen atoms in total. The smallest absolute Gasteiger partial charge is 0.246 e. The molecule has 0 spiro atoms. The highest BCUT2D eigenvalue weighted by atomic mass is 16.5. The number of nitrogens with one attached hydrogen (secondary N) is 3. The van der Waals surface area contributed by atoms with E-state index in [1.165, 1.54) is 14.0 Å². The lowest BCUT2D eigenvalue weighted by Crippen LogP contribution is -2.32. The summed E-state index contributed by atoms with van der Waals surface area (Å²) < 4.78 is 5.27. The molecule has 27 heavy (non-hydrogen) atoms. The molecule has 0 fully saturated rings. The lowest BCUT2D eigenvalue weighted by atomic mass is 10.1. The number of amides is 2. The minimum atomic E-state index is -0.513. The summed E-state index contributed by atoms with van der Waals surface area (Å²) in [6, 6.07) is 13.9. The van der Waals surface area contributed by atoms with Gasteiger partial charge in [-0.1, -0.05) is 12.1 Å². The lowest BCUT2D eigenvalue weighted by Gasteiger charge is -2.17. The van der Waals surface area contributed by atoms with Crippen LogP contribution < -0.4 is 20.7 Å². The second-order valence-corrected chi connectivity index (χ2v) is 5.98. The van der Waals surface area contributed by atoms with Crippen LogP contribution in [0.5, 0.6) is 5.75 Å². The Bertz CT molecular complexity index is 857. The Labute approximate surface area is 158 Å². The molecule has 2 amide bonds. The molecule has 0 aliphatic heterocycles. The van der Waals surface area contributed by atoms with Gasteiger partial charge >= 0.3 is 0 Å². The summed E-state index contributed by atoms with van der Waals surface area (Å²) in [7, 11) is 1.51. The SMILES string of the molecule is COc1ccc(NC(C)=O)cc1NC(=O)C(C)Nc1ccc(CC#N)cc1. The van der Waals surface area contributed by atoms with Gasteiger partial charge in [-0.25, -0.2) is 0 Å². The van der Waals surface area contributed by atoms with Crippen LogP contribution in [0.1, 0.15) is 19.4 Å². The fourth-order valence-electron chi connectivity index (χ4n) is 2.45. The first kappa shape index (κ1) is 19.8. The van der Waals surface area contributed by atoms with Gasteiger partial charge in [-0.3, -0.25) is 9.59 Å². The van der Waals surface area contributed by atoms with E-state index in [4.69, 9.17) is 10.00 Å². The van der Waals surface area contributed by atoms with Crippen molar-refractivity contribution in [2.45, 2.75) is 26.3 Å². The molecule has 3 N–H and O–H groups in total. The molecule has 0 radical (unpaired) electrons. The van der Waals surface area contributed by atoms with Gasteiger partial charge in [0.05, 0.1) is 25.3 Å². The molecule has 0 aliphatic carbocycles. The van der Waals surface area contributed by atoms with E-state index >= 15 is 0 Å². The van der Waals surface area contributed by atoms with Gasteiger partial charge in [0.25, 0.3) is 0 Å². The van der Waals surface area contributed by atoms with Crippen molar-refractivity contribution in [2.75, 3.05) is 23.1 Å². The van der Waals surface area contributed by atoms with Crippen LogP contribution in [0.3, 0.4) is 0 Å². The van der Waals surface area contributed by atoms with E-state index in [1.807, 2.05) is 24.3 Å². The van der Waals surface area contributed by atoms with Crippen molar-refractivity contribution in [3.8, 4) is 11.8 Å². The molecule has 140 valence electrons. The lowest BCUT2D eigenvalue weighted by molar-refractivity contribution is -0.116. The molecule has 0 aromatic heterocycles. The third-order valence-corrected chi connectivity index (χ3v) is 3.79. The number of hydrogen-bond donors (Lipinski definition) is 3. The summed E-state index contributed by atoms with van der Waals surface area (Å²) >= 11 is 0. The average molecular weight is 366 g/mol. The van der Waals surface area contributed by atoms with E-state index in [0.29, 0.717) is 23.5 Å². The van der Waals surface area contributed by atoms with Gasteiger partial charge < -0.3 is 20.7 Å². The number of ether oxygens (including phenoxy) is 1. The summed E-state index contributed by atoms with van der Waals surface area (Å²) in [5.41, 5.74) is 2.72. The first-order valence-electron chi connectivity index (χ1n) is 8.42. The van der Waals surface area contributed by atoms with Crippen molar-refractivity contribution < 1.29 is 14.3 Å². The van der Waals surface area contributed by atoms with Crippen LogP contribution in [0.2, 0.25) is 0 Å². The van der Waals surface area contributed by atoms with Gasteiger partial charge in [0, 0.05) is 18.3 Å². The van der Waals surface area contributed by atoms with Gasteiger partial charge in [-0.05, 0) is 42.8 Å². The largest absolute Gasteiger partial charge is 0.495 e. The molecule has 0 bridgehead atoms. The molecular formula is C20H22N4O3. The monoisotopic (exact) mass is 366 g/mol. The number of carbonyl (C=O) groups excluding carboxylic acids is 2. The van der Waals surface area contributed by atoms with Crippen LogP contribution in [0.15, 0.2) is 42.5 Å². The maximum Gasteiger partial charge on any atom is 0.246 e. The van der Waals surface area contributed by atoms with Gasteiger partial charge in [-0.15, -0.1) is 0 Å². The quantitative estimate of drug-likeness (QED) is 0.698. The molecule has 2 aromatic rings.